The Bertz CT molecular complexity index is 1760. The van der Waals surface area contributed by atoms with Gasteiger partial charge in [0, 0.05) is 57.6 Å². The van der Waals surface area contributed by atoms with Crippen LogP contribution in [-0.4, -0.2) is 41.0 Å². The van der Waals surface area contributed by atoms with Crippen LogP contribution < -0.4 is 5.32 Å². The third kappa shape index (κ3) is 4.20. The van der Waals surface area contributed by atoms with Gasteiger partial charge in [-0.25, -0.2) is 0 Å². The quantitative estimate of drug-likeness (QED) is 0.296. The van der Waals surface area contributed by atoms with Crippen LogP contribution in [0.4, 0.5) is 5.69 Å². The Labute approximate surface area is 212 Å². The number of aromatic amines is 2. The van der Waals surface area contributed by atoms with E-state index in [0.29, 0.717) is 5.69 Å². The average Bonchev–Trinajstić information content (AvgIpc) is 3.52. The molecule has 0 atom stereocenters. The van der Waals surface area contributed by atoms with E-state index in [4.69, 9.17) is 0 Å². The Balaban J connectivity index is 1.40. The Morgan fingerprint density at radius 2 is 1.68 bits per heavy atom. The van der Waals surface area contributed by atoms with Crippen LogP contribution in [0.3, 0.4) is 0 Å². The van der Waals surface area contributed by atoms with Gasteiger partial charge in [-0.2, -0.15) is 5.10 Å². The van der Waals surface area contributed by atoms with Crippen molar-refractivity contribution < 1.29 is 4.79 Å². The van der Waals surface area contributed by atoms with Crippen LogP contribution in [0.2, 0.25) is 0 Å². The summed E-state index contributed by atoms with van der Waals surface area (Å²) in [4.78, 5) is 33.7. The number of amides is 1. The smallest absolute Gasteiger partial charge is 0.229 e. The maximum absolute atomic E-state index is 12.4. The molecule has 9 heteroatoms. The molecule has 6 rings (SSSR count). The number of fused-ring (bicyclic) bond motifs is 2. The van der Waals surface area contributed by atoms with E-state index < -0.39 is 5.41 Å². The number of nitrogens with one attached hydrogen (secondary N) is 3. The summed E-state index contributed by atoms with van der Waals surface area (Å²) in [6, 6.07) is 11.8. The monoisotopic (exact) mass is 488 g/mol. The maximum atomic E-state index is 12.4. The maximum Gasteiger partial charge on any atom is 0.229 e. The molecule has 6 heterocycles. The number of nitrogens with zero attached hydrogens (tertiary/aromatic N) is 5. The molecule has 0 fully saturated rings. The highest BCUT2D eigenvalue weighted by atomic mass is 16.2. The number of hydrogen-bond donors (Lipinski definition) is 3. The standard InChI is InChI=1S/C28H24N8O/c1-28(2,3)27(37)33-18-9-17(13-30-14-18)22-10-20-24(15-32-22)35-36-26(20)23-11-19-21(34-23)6-8-31-25(19)16-5-4-7-29-12-16/h4-15,34H,1-3H3,(H,33,37)(H,35,36). The second kappa shape index (κ2) is 8.63. The zero-order valence-electron chi connectivity index (χ0n) is 20.6. The third-order valence-electron chi connectivity index (χ3n) is 6.16. The summed E-state index contributed by atoms with van der Waals surface area (Å²) < 4.78 is 0. The van der Waals surface area contributed by atoms with Crippen molar-refractivity contribution in [2.45, 2.75) is 20.8 Å². The third-order valence-corrected chi connectivity index (χ3v) is 6.16. The number of rotatable bonds is 4. The SMILES string of the molecule is CC(C)(C)C(=O)Nc1cncc(-c2cc3c(-c4cc5c(-c6cccnc6)nccc5[nH]4)n[nH]c3cn2)c1. The first-order chi connectivity index (χ1) is 17.9. The van der Waals surface area contributed by atoms with E-state index >= 15 is 0 Å². The summed E-state index contributed by atoms with van der Waals surface area (Å²) in [6.07, 6.45) is 10.5. The highest BCUT2D eigenvalue weighted by Gasteiger charge is 2.21. The minimum Gasteiger partial charge on any atom is -0.353 e. The number of carbonyl (C=O) groups excluding carboxylic acids is 1. The van der Waals surface area contributed by atoms with Gasteiger partial charge in [-0.3, -0.25) is 29.8 Å². The molecule has 9 nitrogen and oxygen atoms in total. The van der Waals surface area contributed by atoms with E-state index in [9.17, 15) is 4.79 Å². The Morgan fingerprint density at radius 3 is 2.49 bits per heavy atom. The van der Waals surface area contributed by atoms with Crippen molar-refractivity contribution in [1.82, 2.24) is 35.1 Å². The van der Waals surface area contributed by atoms with E-state index in [2.05, 4.69) is 46.5 Å². The molecule has 0 aliphatic heterocycles. The zero-order valence-corrected chi connectivity index (χ0v) is 20.6. The number of anilines is 1. The molecule has 0 aliphatic rings. The second-order valence-electron chi connectivity index (χ2n) is 9.90. The van der Waals surface area contributed by atoms with Crippen LogP contribution in [0.5, 0.6) is 0 Å². The van der Waals surface area contributed by atoms with Gasteiger partial charge in [0.15, 0.2) is 0 Å². The summed E-state index contributed by atoms with van der Waals surface area (Å²) in [7, 11) is 0. The molecule has 0 saturated carbocycles. The predicted octanol–water partition coefficient (Wildman–Crippen LogP) is 5.61. The van der Waals surface area contributed by atoms with E-state index in [-0.39, 0.29) is 5.91 Å². The summed E-state index contributed by atoms with van der Waals surface area (Å²) >= 11 is 0. The fraction of sp³-hybridized carbons (Fsp3) is 0.143. The summed E-state index contributed by atoms with van der Waals surface area (Å²) in [5.74, 6) is -0.0778. The van der Waals surface area contributed by atoms with Crippen LogP contribution in [0, 0.1) is 5.41 Å². The summed E-state index contributed by atoms with van der Waals surface area (Å²) in [6.45, 7) is 5.61. The van der Waals surface area contributed by atoms with E-state index in [1.165, 1.54) is 0 Å². The van der Waals surface area contributed by atoms with Gasteiger partial charge in [0.05, 0.1) is 40.7 Å². The average molecular weight is 489 g/mol. The molecule has 6 aromatic heterocycles. The highest BCUT2D eigenvalue weighted by Crippen LogP contribution is 2.34. The Morgan fingerprint density at radius 1 is 0.838 bits per heavy atom. The van der Waals surface area contributed by atoms with Crippen LogP contribution in [0.25, 0.3) is 55.7 Å². The highest BCUT2D eigenvalue weighted by molar-refractivity contribution is 6.00. The number of aromatic nitrogens is 7. The number of H-pyrrole nitrogens is 2. The lowest BCUT2D eigenvalue weighted by atomic mass is 9.95. The van der Waals surface area contributed by atoms with Crippen LogP contribution in [0.1, 0.15) is 20.8 Å². The molecule has 0 radical (unpaired) electrons. The van der Waals surface area contributed by atoms with Gasteiger partial charge in [-0.05, 0) is 36.4 Å². The van der Waals surface area contributed by atoms with E-state index in [1.807, 2.05) is 57.3 Å². The Kier molecular flexibility index (Phi) is 5.26. The van der Waals surface area contributed by atoms with Crippen LogP contribution in [-0.2, 0) is 4.79 Å². The van der Waals surface area contributed by atoms with Crippen molar-refractivity contribution in [3.63, 3.8) is 0 Å². The first-order valence-electron chi connectivity index (χ1n) is 11.9. The normalized spacial score (nSPS) is 11.8. The first kappa shape index (κ1) is 22.5. The van der Waals surface area contributed by atoms with Crippen molar-refractivity contribution in [2.75, 3.05) is 5.32 Å². The van der Waals surface area contributed by atoms with Gasteiger partial charge in [0.1, 0.15) is 5.69 Å². The van der Waals surface area contributed by atoms with Crippen molar-refractivity contribution in [2.24, 2.45) is 5.41 Å². The molecule has 182 valence electrons. The molecule has 6 aromatic rings. The lowest BCUT2D eigenvalue weighted by Crippen LogP contribution is -2.27. The molecular weight excluding hydrogens is 464 g/mol. The van der Waals surface area contributed by atoms with Gasteiger partial charge < -0.3 is 10.3 Å². The topological polar surface area (TPSA) is 125 Å². The molecule has 0 spiro atoms. The summed E-state index contributed by atoms with van der Waals surface area (Å²) in [5.41, 5.74) is 6.84. The van der Waals surface area contributed by atoms with E-state index in [1.54, 1.807) is 31.0 Å². The molecular formula is C28H24N8O. The zero-order chi connectivity index (χ0) is 25.6. The molecule has 0 bridgehead atoms. The molecule has 1 amide bonds. The molecule has 3 N–H and O–H groups in total. The molecule has 0 saturated heterocycles. The van der Waals surface area contributed by atoms with Gasteiger partial charge in [0.25, 0.3) is 0 Å². The molecule has 0 unspecified atom stereocenters. The number of pyridine rings is 4. The van der Waals surface area contributed by atoms with Crippen molar-refractivity contribution in [1.29, 1.82) is 0 Å². The number of carbonyl (C=O) groups is 1. The number of hydrogen-bond acceptors (Lipinski definition) is 6. The van der Waals surface area contributed by atoms with Crippen LogP contribution >= 0.6 is 0 Å². The van der Waals surface area contributed by atoms with Crippen molar-refractivity contribution >= 4 is 33.4 Å². The van der Waals surface area contributed by atoms with Crippen molar-refractivity contribution in [3.8, 4) is 33.9 Å². The Hall–Kier alpha value is -4.92. The molecule has 0 aliphatic carbocycles. The predicted molar refractivity (Wildman–Crippen MR) is 144 cm³/mol. The lowest BCUT2D eigenvalue weighted by Gasteiger charge is -2.17. The van der Waals surface area contributed by atoms with Crippen molar-refractivity contribution in [3.05, 3.63) is 73.6 Å². The van der Waals surface area contributed by atoms with Gasteiger partial charge in [-0.15, -0.1) is 0 Å². The van der Waals surface area contributed by atoms with Gasteiger partial charge >= 0.3 is 0 Å². The molecule has 0 aromatic carbocycles. The van der Waals surface area contributed by atoms with Gasteiger partial charge in [-0.1, -0.05) is 20.8 Å². The minimum atomic E-state index is -0.509. The minimum absolute atomic E-state index is 0.0778. The lowest BCUT2D eigenvalue weighted by molar-refractivity contribution is -0.123. The fourth-order valence-electron chi connectivity index (χ4n) is 4.16. The van der Waals surface area contributed by atoms with Gasteiger partial charge in [0.2, 0.25) is 5.91 Å². The largest absolute Gasteiger partial charge is 0.353 e. The fourth-order valence-corrected chi connectivity index (χ4v) is 4.16. The van der Waals surface area contributed by atoms with Crippen LogP contribution in [0.15, 0.2) is 73.6 Å². The second-order valence-corrected chi connectivity index (χ2v) is 9.90. The first-order valence-corrected chi connectivity index (χ1v) is 11.9. The van der Waals surface area contributed by atoms with E-state index in [0.717, 1.165) is 55.7 Å². The summed E-state index contributed by atoms with van der Waals surface area (Å²) in [5, 5.41) is 12.5. The molecule has 37 heavy (non-hydrogen) atoms.